The van der Waals surface area contributed by atoms with Gasteiger partial charge in [0.05, 0.1) is 40.7 Å². The van der Waals surface area contributed by atoms with Gasteiger partial charge in [-0.05, 0) is 77.5 Å². The van der Waals surface area contributed by atoms with Crippen LogP contribution in [0.4, 0.5) is 11.6 Å². The summed E-state index contributed by atoms with van der Waals surface area (Å²) in [4.78, 5) is 24.1. The quantitative estimate of drug-likeness (QED) is 0.405. The van der Waals surface area contributed by atoms with Crippen molar-refractivity contribution in [3.05, 3.63) is 63.8 Å². The maximum atomic E-state index is 13.2. The second-order valence-corrected chi connectivity index (χ2v) is 11.8. The molecule has 1 amide bonds. The van der Waals surface area contributed by atoms with Gasteiger partial charge in [0.15, 0.2) is 0 Å². The third kappa shape index (κ3) is 4.67. The Kier molecular flexibility index (Phi) is 7.24. The van der Waals surface area contributed by atoms with Crippen LogP contribution in [0.2, 0.25) is 5.02 Å². The molecular formula is C31H34ClN5O3. The van der Waals surface area contributed by atoms with Gasteiger partial charge in [0, 0.05) is 31.5 Å². The summed E-state index contributed by atoms with van der Waals surface area (Å²) in [6.07, 6.45) is 3.58. The van der Waals surface area contributed by atoms with Gasteiger partial charge >= 0.3 is 0 Å². The summed E-state index contributed by atoms with van der Waals surface area (Å²) < 4.78 is 5.59. The van der Waals surface area contributed by atoms with Crippen LogP contribution in [0, 0.1) is 29.1 Å². The number of anilines is 2. The number of piperidine rings is 1. The van der Waals surface area contributed by atoms with Crippen molar-refractivity contribution in [2.75, 3.05) is 32.1 Å². The van der Waals surface area contributed by atoms with E-state index in [1.54, 1.807) is 23.2 Å². The van der Waals surface area contributed by atoms with Crippen molar-refractivity contribution in [1.29, 1.82) is 5.26 Å². The Morgan fingerprint density at radius 2 is 2.02 bits per heavy atom. The molecule has 6 rings (SSSR count). The van der Waals surface area contributed by atoms with E-state index in [0.717, 1.165) is 24.0 Å². The molecule has 9 heteroatoms. The largest absolute Gasteiger partial charge is 0.495 e. The molecule has 0 bridgehead atoms. The Bertz CT molecular complexity index is 1520. The molecule has 3 aliphatic rings. The lowest BCUT2D eigenvalue weighted by Gasteiger charge is -2.21. The van der Waals surface area contributed by atoms with Crippen LogP contribution >= 0.6 is 11.6 Å². The molecule has 2 aromatic carbocycles. The van der Waals surface area contributed by atoms with Crippen LogP contribution in [0.3, 0.4) is 0 Å². The summed E-state index contributed by atoms with van der Waals surface area (Å²) in [6, 6.07) is 11.5. The SMILES string of the molecule is C.COc1cc(C(=O)N2CC3C(CO)C3C2)c(Cl)cc1Nc1nccc(-c2cc(C#N)c3c(c2)C(C)(C)CC3)n1. The topological polar surface area (TPSA) is 111 Å². The van der Waals surface area contributed by atoms with Gasteiger partial charge in [-0.1, -0.05) is 32.9 Å². The molecule has 2 heterocycles. The number of fused-ring (bicyclic) bond motifs is 2. The van der Waals surface area contributed by atoms with Crippen LogP contribution in [0.25, 0.3) is 11.3 Å². The van der Waals surface area contributed by atoms with Crippen LogP contribution < -0.4 is 10.1 Å². The average molecular weight is 560 g/mol. The molecule has 208 valence electrons. The summed E-state index contributed by atoms with van der Waals surface area (Å²) in [6.45, 7) is 5.88. The van der Waals surface area contributed by atoms with E-state index in [1.807, 2.05) is 12.1 Å². The molecule has 1 saturated heterocycles. The second-order valence-electron chi connectivity index (χ2n) is 11.4. The molecule has 8 nitrogen and oxygen atoms in total. The van der Waals surface area contributed by atoms with E-state index < -0.39 is 0 Å². The highest BCUT2D eigenvalue weighted by Gasteiger charge is 2.56. The Morgan fingerprint density at radius 3 is 2.70 bits per heavy atom. The Hall–Kier alpha value is -3.67. The van der Waals surface area contributed by atoms with Gasteiger partial charge in [-0.15, -0.1) is 0 Å². The predicted molar refractivity (Wildman–Crippen MR) is 155 cm³/mol. The van der Waals surface area contributed by atoms with Crippen LogP contribution in [0.1, 0.15) is 54.7 Å². The van der Waals surface area contributed by atoms with Crippen molar-refractivity contribution < 1.29 is 14.6 Å². The molecule has 1 saturated carbocycles. The number of aromatic nitrogens is 2. The standard InChI is InChI=1S/C30H30ClN5O3.CH4/c1-30(2)6-4-18-17(12-32)8-16(9-23(18)30)25-5-7-33-29(34-25)35-26-11-24(31)19(10-27(26)39-3)28(38)36-13-20-21(14-36)22(20)15-37;/h5,7-11,20-22,37H,4,6,13-15H2,1-3H3,(H,33,34,35);1H4. The summed E-state index contributed by atoms with van der Waals surface area (Å²) in [5.74, 6) is 1.72. The number of carbonyl (C=O) groups is 1. The highest BCUT2D eigenvalue weighted by Crippen LogP contribution is 2.51. The lowest BCUT2D eigenvalue weighted by atomic mass is 9.84. The Labute approximate surface area is 240 Å². The molecule has 2 atom stereocenters. The number of nitriles is 1. The fourth-order valence-corrected chi connectivity index (χ4v) is 6.55. The number of benzene rings is 2. The average Bonchev–Trinajstić information content (AvgIpc) is 3.22. The van der Waals surface area contributed by atoms with E-state index in [1.165, 1.54) is 12.7 Å². The lowest BCUT2D eigenvalue weighted by molar-refractivity contribution is 0.0760. The van der Waals surface area contributed by atoms with Crippen molar-refractivity contribution in [3.8, 4) is 23.1 Å². The number of halogens is 1. The van der Waals surface area contributed by atoms with Crippen molar-refractivity contribution in [3.63, 3.8) is 0 Å². The number of hydrogen-bond donors (Lipinski definition) is 2. The number of ether oxygens (including phenoxy) is 1. The molecule has 2 unspecified atom stereocenters. The molecule has 2 aliphatic carbocycles. The lowest BCUT2D eigenvalue weighted by Crippen LogP contribution is -2.32. The zero-order valence-electron chi connectivity index (χ0n) is 22.2. The van der Waals surface area contributed by atoms with Crippen molar-refractivity contribution >= 4 is 29.1 Å². The minimum absolute atomic E-state index is 0. The van der Waals surface area contributed by atoms with Gasteiger partial charge in [0.2, 0.25) is 5.95 Å². The fraction of sp³-hybridized carbons (Fsp3) is 0.419. The van der Waals surface area contributed by atoms with Gasteiger partial charge < -0.3 is 20.1 Å². The number of amides is 1. The number of carbonyl (C=O) groups excluding carboxylic acids is 1. The number of aliphatic hydroxyl groups excluding tert-OH is 1. The normalized spacial score (nSPS) is 21.6. The molecule has 40 heavy (non-hydrogen) atoms. The zero-order valence-corrected chi connectivity index (χ0v) is 22.9. The minimum atomic E-state index is -0.139. The molecule has 0 radical (unpaired) electrons. The molecule has 3 aromatic rings. The van der Waals surface area contributed by atoms with Gasteiger partial charge in [-0.3, -0.25) is 4.79 Å². The molecule has 1 aromatic heterocycles. The van der Waals surface area contributed by atoms with Crippen LogP contribution in [-0.2, 0) is 11.8 Å². The first kappa shape index (κ1) is 27.9. The number of nitrogens with zero attached hydrogens (tertiary/aromatic N) is 4. The number of hydrogen-bond acceptors (Lipinski definition) is 7. The minimum Gasteiger partial charge on any atom is -0.495 e. The molecule has 1 aliphatic heterocycles. The highest BCUT2D eigenvalue weighted by molar-refractivity contribution is 6.34. The van der Waals surface area contributed by atoms with Gasteiger partial charge in [0.25, 0.3) is 5.91 Å². The first-order valence-corrected chi connectivity index (χ1v) is 13.6. The van der Waals surface area contributed by atoms with Crippen molar-refractivity contribution in [2.24, 2.45) is 17.8 Å². The summed E-state index contributed by atoms with van der Waals surface area (Å²) in [5.41, 5.74) is 5.49. The number of nitrogens with one attached hydrogen (secondary N) is 1. The van der Waals surface area contributed by atoms with E-state index in [0.29, 0.717) is 70.1 Å². The Balaban J connectivity index is 0.00000323. The third-order valence-corrected chi connectivity index (χ3v) is 9.00. The van der Waals surface area contributed by atoms with Crippen molar-refractivity contribution in [2.45, 2.75) is 39.5 Å². The van der Waals surface area contributed by atoms with Crippen LogP contribution in [0.15, 0.2) is 36.5 Å². The number of aliphatic hydroxyl groups is 1. The van der Waals surface area contributed by atoms with E-state index >= 15 is 0 Å². The summed E-state index contributed by atoms with van der Waals surface area (Å²) in [7, 11) is 1.53. The van der Waals surface area contributed by atoms with E-state index in [9.17, 15) is 15.2 Å². The zero-order chi connectivity index (χ0) is 27.5. The van der Waals surface area contributed by atoms with Gasteiger partial charge in [-0.25, -0.2) is 9.97 Å². The summed E-state index contributed by atoms with van der Waals surface area (Å²) >= 11 is 6.59. The maximum absolute atomic E-state index is 13.2. The first-order valence-electron chi connectivity index (χ1n) is 13.2. The molecule has 2 fully saturated rings. The van der Waals surface area contributed by atoms with E-state index in [-0.39, 0.29) is 25.4 Å². The molecule has 0 spiro atoms. The molecule has 2 N–H and O–H groups in total. The van der Waals surface area contributed by atoms with E-state index in [4.69, 9.17) is 21.3 Å². The number of likely N-dealkylation sites (tertiary alicyclic amines) is 1. The van der Waals surface area contributed by atoms with Gasteiger partial charge in [0.1, 0.15) is 5.75 Å². The smallest absolute Gasteiger partial charge is 0.255 e. The van der Waals surface area contributed by atoms with Gasteiger partial charge in [-0.2, -0.15) is 5.26 Å². The second kappa shape index (κ2) is 10.4. The van der Waals surface area contributed by atoms with Crippen LogP contribution in [-0.4, -0.2) is 52.7 Å². The monoisotopic (exact) mass is 559 g/mol. The number of methoxy groups -OCH3 is 1. The Morgan fingerprint density at radius 1 is 1.27 bits per heavy atom. The summed E-state index contributed by atoms with van der Waals surface area (Å²) in [5, 5.41) is 22.7. The third-order valence-electron chi connectivity index (χ3n) is 8.69. The van der Waals surface area contributed by atoms with E-state index in [2.05, 4.69) is 36.3 Å². The first-order chi connectivity index (χ1) is 18.7. The van der Waals surface area contributed by atoms with Crippen molar-refractivity contribution in [1.82, 2.24) is 14.9 Å². The number of rotatable bonds is 6. The predicted octanol–water partition coefficient (Wildman–Crippen LogP) is 5.59. The highest BCUT2D eigenvalue weighted by atomic mass is 35.5. The van der Waals surface area contributed by atoms with Crippen LogP contribution in [0.5, 0.6) is 5.75 Å². The maximum Gasteiger partial charge on any atom is 0.255 e. The fourth-order valence-electron chi connectivity index (χ4n) is 6.31. The molecular weight excluding hydrogens is 526 g/mol.